The Kier molecular flexibility index (Phi) is 4.50. The predicted octanol–water partition coefficient (Wildman–Crippen LogP) is 3.46. The van der Waals surface area contributed by atoms with Crippen molar-refractivity contribution in [3.8, 4) is 0 Å². The molecular formula is C11H8BrF3O3. The Morgan fingerprint density at radius 3 is 2.50 bits per heavy atom. The maximum Gasteiger partial charge on any atom is 0.417 e. The van der Waals surface area contributed by atoms with E-state index in [1.165, 1.54) is 6.92 Å². The van der Waals surface area contributed by atoms with Crippen molar-refractivity contribution in [2.24, 2.45) is 0 Å². The van der Waals surface area contributed by atoms with Crippen LogP contribution in [0.15, 0.2) is 16.6 Å². The van der Waals surface area contributed by atoms with Crippen LogP contribution >= 0.6 is 15.9 Å². The number of esters is 1. The summed E-state index contributed by atoms with van der Waals surface area (Å²) in [7, 11) is 0. The first-order chi connectivity index (χ1) is 8.31. The fraction of sp³-hybridized carbons (Fsp3) is 0.273. The number of benzene rings is 1. The highest BCUT2D eigenvalue weighted by atomic mass is 79.9. The van der Waals surface area contributed by atoms with Crippen LogP contribution in [-0.4, -0.2) is 18.9 Å². The molecule has 0 aliphatic heterocycles. The van der Waals surface area contributed by atoms with Gasteiger partial charge in [-0.15, -0.1) is 0 Å². The quantitative estimate of drug-likeness (QED) is 0.631. The summed E-state index contributed by atoms with van der Waals surface area (Å²) in [4.78, 5) is 22.0. The average molecular weight is 325 g/mol. The molecule has 7 heteroatoms. The zero-order valence-electron chi connectivity index (χ0n) is 9.18. The third kappa shape index (κ3) is 3.10. The first kappa shape index (κ1) is 14.7. The number of alkyl halides is 3. The Bertz CT molecular complexity index is 483. The van der Waals surface area contributed by atoms with Gasteiger partial charge in [-0.2, -0.15) is 13.2 Å². The summed E-state index contributed by atoms with van der Waals surface area (Å²) >= 11 is 2.83. The van der Waals surface area contributed by atoms with Gasteiger partial charge in [0, 0.05) is 10.0 Å². The van der Waals surface area contributed by atoms with E-state index >= 15 is 0 Å². The highest BCUT2D eigenvalue weighted by Gasteiger charge is 2.35. The SMILES string of the molecule is CCOC(=O)c1cc(Br)c(C=O)c(C(F)(F)F)c1. The van der Waals surface area contributed by atoms with Gasteiger partial charge in [0.1, 0.15) is 0 Å². The Labute approximate surface area is 109 Å². The molecule has 0 saturated carbocycles. The fourth-order valence-corrected chi connectivity index (χ4v) is 1.86. The smallest absolute Gasteiger partial charge is 0.417 e. The zero-order valence-corrected chi connectivity index (χ0v) is 10.8. The van der Waals surface area contributed by atoms with E-state index in [9.17, 15) is 22.8 Å². The predicted molar refractivity (Wildman–Crippen MR) is 60.5 cm³/mol. The lowest BCUT2D eigenvalue weighted by molar-refractivity contribution is -0.137. The van der Waals surface area contributed by atoms with Crippen molar-refractivity contribution in [1.29, 1.82) is 0 Å². The average Bonchev–Trinajstić information content (AvgIpc) is 2.27. The second-order valence-electron chi connectivity index (χ2n) is 3.26. The molecule has 0 aliphatic carbocycles. The van der Waals surface area contributed by atoms with Crippen LogP contribution < -0.4 is 0 Å². The molecule has 0 atom stereocenters. The van der Waals surface area contributed by atoms with Gasteiger partial charge in [-0.05, 0) is 19.1 Å². The third-order valence-corrected chi connectivity index (χ3v) is 2.72. The number of halogens is 4. The summed E-state index contributed by atoms with van der Waals surface area (Å²) in [5, 5.41) is 0. The van der Waals surface area contributed by atoms with Crippen LogP contribution in [0.2, 0.25) is 0 Å². The maximum atomic E-state index is 12.7. The Hall–Kier alpha value is -1.37. The number of carbonyl (C=O) groups is 2. The summed E-state index contributed by atoms with van der Waals surface area (Å²) in [5.74, 6) is -0.874. The monoisotopic (exact) mass is 324 g/mol. The van der Waals surface area contributed by atoms with Crippen LogP contribution in [0, 0.1) is 0 Å². The molecule has 1 aromatic carbocycles. The Morgan fingerprint density at radius 2 is 2.06 bits per heavy atom. The van der Waals surface area contributed by atoms with Crippen molar-refractivity contribution < 1.29 is 27.5 Å². The minimum atomic E-state index is -4.72. The van der Waals surface area contributed by atoms with Gasteiger partial charge in [0.05, 0.1) is 17.7 Å². The molecule has 0 aliphatic rings. The number of hydrogen-bond donors (Lipinski definition) is 0. The molecule has 0 saturated heterocycles. The van der Waals surface area contributed by atoms with Gasteiger partial charge in [0.2, 0.25) is 0 Å². The largest absolute Gasteiger partial charge is 0.462 e. The number of hydrogen-bond acceptors (Lipinski definition) is 3. The van der Waals surface area contributed by atoms with Crippen molar-refractivity contribution in [2.75, 3.05) is 6.61 Å². The number of rotatable bonds is 3. The lowest BCUT2D eigenvalue weighted by Gasteiger charge is -2.12. The Morgan fingerprint density at radius 1 is 1.44 bits per heavy atom. The first-order valence-electron chi connectivity index (χ1n) is 4.84. The summed E-state index contributed by atoms with van der Waals surface area (Å²) in [6.45, 7) is 1.59. The van der Waals surface area contributed by atoms with Crippen LogP contribution in [0.25, 0.3) is 0 Å². The summed E-state index contributed by atoms with van der Waals surface area (Å²) in [5.41, 5.74) is -1.98. The molecule has 3 nitrogen and oxygen atoms in total. The molecular weight excluding hydrogens is 317 g/mol. The van der Waals surface area contributed by atoms with Gasteiger partial charge in [-0.25, -0.2) is 4.79 Å². The van der Waals surface area contributed by atoms with Gasteiger partial charge in [0.15, 0.2) is 6.29 Å². The molecule has 0 heterocycles. The van der Waals surface area contributed by atoms with E-state index in [0.29, 0.717) is 6.07 Å². The third-order valence-electron chi connectivity index (χ3n) is 2.06. The second kappa shape index (κ2) is 5.51. The summed E-state index contributed by atoms with van der Waals surface area (Å²) in [6.07, 6.45) is -4.64. The molecule has 1 rings (SSSR count). The molecule has 0 radical (unpaired) electrons. The van der Waals surface area contributed by atoms with Crippen LogP contribution in [0.3, 0.4) is 0 Å². The van der Waals surface area contributed by atoms with E-state index in [1.807, 2.05) is 0 Å². The first-order valence-corrected chi connectivity index (χ1v) is 5.63. The van der Waals surface area contributed by atoms with Gasteiger partial charge in [-0.1, -0.05) is 15.9 Å². The number of aldehydes is 1. The molecule has 1 aromatic rings. The van der Waals surface area contributed by atoms with E-state index in [1.54, 1.807) is 0 Å². The topological polar surface area (TPSA) is 43.4 Å². The van der Waals surface area contributed by atoms with Crippen LogP contribution in [0.1, 0.15) is 33.2 Å². The molecule has 0 spiro atoms. The van der Waals surface area contributed by atoms with Crippen molar-refractivity contribution in [2.45, 2.75) is 13.1 Å². The summed E-state index contributed by atoms with van der Waals surface area (Å²) < 4.78 is 42.6. The fourth-order valence-electron chi connectivity index (χ4n) is 1.30. The van der Waals surface area contributed by atoms with E-state index in [0.717, 1.165) is 6.07 Å². The minimum absolute atomic E-state index is 0.0488. The molecule has 0 fully saturated rings. The molecule has 98 valence electrons. The van der Waals surface area contributed by atoms with Gasteiger partial charge >= 0.3 is 12.1 Å². The number of ether oxygens (including phenoxy) is 1. The molecule has 0 aromatic heterocycles. The van der Waals surface area contributed by atoms with E-state index in [-0.39, 0.29) is 22.9 Å². The van der Waals surface area contributed by atoms with Crippen molar-refractivity contribution in [3.63, 3.8) is 0 Å². The lowest BCUT2D eigenvalue weighted by atomic mass is 10.0. The molecule has 0 bridgehead atoms. The van der Waals surface area contributed by atoms with E-state index in [4.69, 9.17) is 0 Å². The molecule has 18 heavy (non-hydrogen) atoms. The van der Waals surface area contributed by atoms with Gasteiger partial charge < -0.3 is 4.74 Å². The zero-order chi connectivity index (χ0) is 13.9. The van der Waals surface area contributed by atoms with Crippen LogP contribution in [-0.2, 0) is 10.9 Å². The van der Waals surface area contributed by atoms with Crippen LogP contribution in [0.5, 0.6) is 0 Å². The number of carbonyl (C=O) groups excluding carboxylic acids is 2. The van der Waals surface area contributed by atoms with E-state index in [2.05, 4.69) is 20.7 Å². The lowest BCUT2D eigenvalue weighted by Crippen LogP contribution is -2.13. The molecule has 0 unspecified atom stereocenters. The maximum absolute atomic E-state index is 12.7. The van der Waals surface area contributed by atoms with Gasteiger partial charge in [0.25, 0.3) is 0 Å². The highest BCUT2D eigenvalue weighted by Crippen LogP contribution is 2.35. The Balaban J connectivity index is 3.40. The normalized spacial score (nSPS) is 11.2. The summed E-state index contributed by atoms with van der Waals surface area (Å²) in [6, 6.07) is 1.73. The molecule has 0 N–H and O–H groups in total. The van der Waals surface area contributed by atoms with Crippen molar-refractivity contribution in [1.82, 2.24) is 0 Å². The van der Waals surface area contributed by atoms with Gasteiger partial charge in [-0.3, -0.25) is 4.79 Å². The second-order valence-corrected chi connectivity index (χ2v) is 4.11. The minimum Gasteiger partial charge on any atom is -0.462 e. The van der Waals surface area contributed by atoms with Crippen molar-refractivity contribution in [3.05, 3.63) is 33.3 Å². The van der Waals surface area contributed by atoms with Crippen molar-refractivity contribution >= 4 is 28.2 Å². The highest BCUT2D eigenvalue weighted by molar-refractivity contribution is 9.10. The standard InChI is InChI=1S/C11H8BrF3O3/c1-2-18-10(17)6-3-8(11(13,14)15)7(5-16)9(12)4-6/h3-5H,2H2,1H3. The molecule has 0 amide bonds. The van der Waals surface area contributed by atoms with Crippen LogP contribution in [0.4, 0.5) is 13.2 Å². The van der Waals surface area contributed by atoms with E-state index < -0.39 is 23.3 Å².